The Morgan fingerprint density at radius 3 is 2.59 bits per heavy atom. The average Bonchev–Trinajstić information content (AvgIpc) is 2.53. The summed E-state index contributed by atoms with van der Waals surface area (Å²) >= 11 is 6.02. The van der Waals surface area contributed by atoms with Gasteiger partial charge in [0, 0.05) is 20.2 Å². The van der Waals surface area contributed by atoms with Crippen LogP contribution in [0.5, 0.6) is 0 Å². The summed E-state index contributed by atoms with van der Waals surface area (Å²) in [6.45, 7) is 1.20. The Labute approximate surface area is 135 Å². The van der Waals surface area contributed by atoms with E-state index in [4.69, 9.17) is 16.3 Å². The highest BCUT2D eigenvalue weighted by Gasteiger charge is 2.15. The molecule has 0 saturated carbocycles. The fraction of sp³-hybridized carbons (Fsp3) is 0.467. The van der Waals surface area contributed by atoms with Gasteiger partial charge in [0.25, 0.3) is 0 Å². The fourth-order valence-corrected chi connectivity index (χ4v) is 1.98. The number of carbonyl (C=O) groups excluding carboxylic acids is 2. The first-order valence-electron chi connectivity index (χ1n) is 6.90. The van der Waals surface area contributed by atoms with E-state index in [0.717, 1.165) is 0 Å². The van der Waals surface area contributed by atoms with Crippen molar-refractivity contribution in [2.24, 2.45) is 0 Å². The lowest BCUT2D eigenvalue weighted by molar-refractivity contribution is -0.141. The van der Waals surface area contributed by atoms with Gasteiger partial charge in [-0.25, -0.2) is 0 Å². The predicted molar refractivity (Wildman–Crippen MR) is 85.0 cm³/mol. The Morgan fingerprint density at radius 1 is 1.23 bits per heavy atom. The van der Waals surface area contributed by atoms with Crippen LogP contribution in [0, 0.1) is 0 Å². The Kier molecular flexibility index (Phi) is 8.32. The van der Waals surface area contributed by atoms with E-state index in [0.29, 0.717) is 30.4 Å². The zero-order chi connectivity index (χ0) is 16.4. The van der Waals surface area contributed by atoms with Crippen molar-refractivity contribution in [3.63, 3.8) is 0 Å². The molecule has 0 heterocycles. The molecule has 0 aliphatic rings. The molecule has 0 radical (unpaired) electrons. The van der Waals surface area contributed by atoms with Crippen molar-refractivity contribution < 1.29 is 19.1 Å². The minimum Gasteiger partial charge on any atom is -0.469 e. The van der Waals surface area contributed by atoms with Crippen LogP contribution in [-0.2, 0) is 19.1 Å². The number of carbonyl (C=O) groups is 2. The lowest BCUT2D eigenvalue weighted by atomic mass is 10.3. The topological polar surface area (TPSA) is 67.9 Å². The Bertz CT molecular complexity index is 496. The van der Waals surface area contributed by atoms with Crippen LogP contribution < -0.4 is 5.32 Å². The number of esters is 1. The molecule has 0 fully saturated rings. The van der Waals surface area contributed by atoms with Gasteiger partial charge in [0.05, 0.1) is 37.4 Å². The van der Waals surface area contributed by atoms with Crippen LogP contribution in [-0.4, -0.2) is 57.2 Å². The number of hydrogen-bond donors (Lipinski definition) is 1. The molecular weight excluding hydrogens is 308 g/mol. The van der Waals surface area contributed by atoms with E-state index < -0.39 is 0 Å². The lowest BCUT2D eigenvalue weighted by Gasteiger charge is -2.22. The monoisotopic (exact) mass is 328 g/mol. The molecule has 0 spiro atoms. The van der Waals surface area contributed by atoms with E-state index in [2.05, 4.69) is 10.1 Å². The van der Waals surface area contributed by atoms with Gasteiger partial charge >= 0.3 is 5.97 Å². The second kappa shape index (κ2) is 10.0. The molecule has 1 aromatic rings. The number of benzene rings is 1. The number of halogens is 1. The number of para-hydroxylation sites is 1. The van der Waals surface area contributed by atoms with Gasteiger partial charge in [-0.1, -0.05) is 23.7 Å². The van der Waals surface area contributed by atoms with Crippen molar-refractivity contribution in [2.75, 3.05) is 45.8 Å². The van der Waals surface area contributed by atoms with Crippen LogP contribution in [0.1, 0.15) is 6.42 Å². The van der Waals surface area contributed by atoms with Crippen LogP contribution in [0.3, 0.4) is 0 Å². The maximum absolute atomic E-state index is 12.2. The van der Waals surface area contributed by atoms with E-state index in [-0.39, 0.29) is 24.8 Å². The number of nitrogens with one attached hydrogen (secondary N) is 1. The number of ether oxygens (including phenoxy) is 2. The zero-order valence-corrected chi connectivity index (χ0v) is 13.6. The van der Waals surface area contributed by atoms with Crippen molar-refractivity contribution in [3.05, 3.63) is 29.3 Å². The fourth-order valence-electron chi connectivity index (χ4n) is 1.78. The molecule has 1 amide bonds. The summed E-state index contributed by atoms with van der Waals surface area (Å²) in [4.78, 5) is 25.0. The number of rotatable bonds is 9. The van der Waals surface area contributed by atoms with Crippen molar-refractivity contribution in [1.82, 2.24) is 4.90 Å². The Morgan fingerprint density at radius 2 is 1.95 bits per heavy atom. The molecule has 0 atom stereocenters. The molecule has 0 saturated heterocycles. The summed E-state index contributed by atoms with van der Waals surface area (Å²) in [5.41, 5.74) is 0.692. The molecular formula is C15H21ClN2O4. The van der Waals surface area contributed by atoms with Gasteiger partial charge in [0.2, 0.25) is 5.91 Å². The first-order valence-corrected chi connectivity index (χ1v) is 7.28. The van der Waals surface area contributed by atoms with Gasteiger partial charge in [0.15, 0.2) is 0 Å². The quantitative estimate of drug-likeness (QED) is 0.700. The third kappa shape index (κ3) is 6.32. The number of anilines is 1. The highest BCUT2D eigenvalue weighted by Crippen LogP contribution is 2.20. The largest absolute Gasteiger partial charge is 0.469 e. The van der Waals surface area contributed by atoms with Gasteiger partial charge < -0.3 is 19.7 Å². The van der Waals surface area contributed by atoms with Crippen LogP contribution >= 0.6 is 11.6 Å². The van der Waals surface area contributed by atoms with Gasteiger partial charge in [-0.2, -0.15) is 0 Å². The summed E-state index contributed by atoms with van der Waals surface area (Å²) in [6, 6.07) is 7.19. The molecule has 0 unspecified atom stereocenters. The van der Waals surface area contributed by atoms with Crippen LogP contribution in [0.15, 0.2) is 24.3 Å². The maximum atomic E-state index is 12.2. The van der Waals surface area contributed by atoms with Crippen molar-refractivity contribution in [2.45, 2.75) is 6.42 Å². The van der Waals surface area contributed by atoms with Gasteiger partial charge in [-0.15, -0.1) is 0 Å². The summed E-state index contributed by atoms with van der Waals surface area (Å²) in [5, 5.41) is 3.54. The van der Waals surface area contributed by atoms with Crippen molar-refractivity contribution >= 4 is 29.2 Å². The summed E-state index contributed by atoms with van der Waals surface area (Å²) < 4.78 is 9.57. The van der Waals surface area contributed by atoms with E-state index in [1.54, 1.807) is 24.1 Å². The minimum absolute atomic E-state index is 0.0919. The lowest BCUT2D eigenvalue weighted by Crippen LogP contribution is -2.39. The smallest absolute Gasteiger partial charge is 0.307 e. The molecule has 0 aromatic heterocycles. The summed E-state index contributed by atoms with van der Waals surface area (Å²) in [5.74, 6) is -0.491. The molecule has 1 aromatic carbocycles. The highest BCUT2D eigenvalue weighted by molar-refractivity contribution is 6.33. The Hall–Kier alpha value is -1.79. The number of methoxy groups -OCH3 is 2. The first kappa shape index (κ1) is 18.3. The Balaban J connectivity index is 2.55. The minimum atomic E-state index is -0.353. The third-order valence-electron chi connectivity index (χ3n) is 3.04. The van der Waals surface area contributed by atoms with Crippen LogP contribution in [0.4, 0.5) is 5.69 Å². The molecule has 0 aliphatic carbocycles. The standard InChI is InChI=1S/C15H21ClN2O4/c1-21-10-9-18(8-7-15(20)22-2)14(19)11-17-13-6-4-3-5-12(13)16/h3-6,17H,7-11H2,1-2H3. The van der Waals surface area contributed by atoms with Crippen molar-refractivity contribution in [1.29, 1.82) is 0 Å². The van der Waals surface area contributed by atoms with Gasteiger partial charge in [0.1, 0.15) is 0 Å². The molecule has 0 aliphatic heterocycles. The van der Waals surface area contributed by atoms with E-state index in [1.165, 1.54) is 7.11 Å². The maximum Gasteiger partial charge on any atom is 0.307 e. The molecule has 0 bridgehead atoms. The number of amides is 1. The van der Waals surface area contributed by atoms with Crippen LogP contribution in [0.2, 0.25) is 5.02 Å². The van der Waals surface area contributed by atoms with E-state index in [1.807, 2.05) is 12.1 Å². The first-order chi connectivity index (χ1) is 10.6. The molecule has 6 nitrogen and oxygen atoms in total. The normalized spacial score (nSPS) is 10.1. The molecule has 22 heavy (non-hydrogen) atoms. The number of hydrogen-bond acceptors (Lipinski definition) is 5. The zero-order valence-electron chi connectivity index (χ0n) is 12.8. The van der Waals surface area contributed by atoms with Crippen molar-refractivity contribution in [3.8, 4) is 0 Å². The number of nitrogens with zero attached hydrogens (tertiary/aromatic N) is 1. The molecule has 1 N–H and O–H groups in total. The molecule has 122 valence electrons. The third-order valence-corrected chi connectivity index (χ3v) is 3.37. The average molecular weight is 329 g/mol. The highest BCUT2D eigenvalue weighted by atomic mass is 35.5. The molecule has 7 heteroatoms. The van der Waals surface area contributed by atoms with Crippen LogP contribution in [0.25, 0.3) is 0 Å². The van der Waals surface area contributed by atoms with E-state index >= 15 is 0 Å². The predicted octanol–water partition coefficient (Wildman–Crippen LogP) is 1.79. The molecule has 1 rings (SSSR count). The second-order valence-electron chi connectivity index (χ2n) is 4.53. The SMILES string of the molecule is COCCN(CCC(=O)OC)C(=O)CNc1ccccc1Cl. The summed E-state index contributed by atoms with van der Waals surface area (Å²) in [7, 11) is 2.88. The van der Waals surface area contributed by atoms with Gasteiger partial charge in [-0.3, -0.25) is 9.59 Å². The summed E-state index contributed by atoms with van der Waals surface area (Å²) in [6.07, 6.45) is 0.151. The van der Waals surface area contributed by atoms with Gasteiger partial charge in [-0.05, 0) is 12.1 Å². The van der Waals surface area contributed by atoms with E-state index in [9.17, 15) is 9.59 Å². The second-order valence-corrected chi connectivity index (χ2v) is 4.94.